The highest BCUT2D eigenvalue weighted by atomic mass is 35.5. The molecule has 0 saturated heterocycles. The second kappa shape index (κ2) is 4.53. The van der Waals surface area contributed by atoms with E-state index in [0.29, 0.717) is 21.4 Å². The lowest BCUT2D eigenvalue weighted by Crippen LogP contribution is -2.26. The van der Waals surface area contributed by atoms with Crippen LogP contribution in [-0.4, -0.2) is 15.1 Å². The average molecular weight is 269 g/mol. The Morgan fingerprint density at radius 3 is 2.71 bits per heavy atom. The fourth-order valence-corrected chi connectivity index (χ4v) is 2.16. The smallest absolute Gasteiger partial charge is 0.167 e. The van der Waals surface area contributed by atoms with Crippen LogP contribution >= 0.6 is 23.2 Å². The van der Waals surface area contributed by atoms with Crippen LogP contribution in [0.4, 0.5) is 0 Å². The summed E-state index contributed by atoms with van der Waals surface area (Å²) in [5.41, 5.74) is -0.973. The summed E-state index contributed by atoms with van der Waals surface area (Å²) >= 11 is 11.9. The monoisotopic (exact) mass is 268 g/mol. The molecular weight excluding hydrogens is 259 g/mol. The number of H-pyrrole nitrogens is 1. The molecule has 0 aliphatic heterocycles. The Morgan fingerprint density at radius 2 is 2.18 bits per heavy atom. The number of benzene rings is 1. The Morgan fingerprint density at radius 1 is 1.41 bits per heavy atom. The molecule has 2 rings (SSSR count). The van der Waals surface area contributed by atoms with Crippen molar-refractivity contribution in [3.05, 3.63) is 64.7 Å². The van der Waals surface area contributed by atoms with Crippen molar-refractivity contribution < 1.29 is 5.11 Å². The lowest BCUT2D eigenvalue weighted by molar-refractivity contribution is 0.126. The summed E-state index contributed by atoms with van der Waals surface area (Å²) in [6, 6.07) is 4.87. The van der Waals surface area contributed by atoms with Gasteiger partial charge in [0.1, 0.15) is 5.82 Å². The Kier molecular flexibility index (Phi) is 3.24. The van der Waals surface area contributed by atoms with Crippen LogP contribution in [0.3, 0.4) is 0 Å². The standard InChI is InChI=1S/C12H10Cl2N2O/c1-2-12(17,11-15-5-6-16-11)9-4-3-8(13)7-10(9)14/h2-7,17H,1H2,(H,15,16). The minimum atomic E-state index is -1.45. The summed E-state index contributed by atoms with van der Waals surface area (Å²) in [4.78, 5) is 6.88. The van der Waals surface area contributed by atoms with Gasteiger partial charge in [0.05, 0.1) is 0 Å². The van der Waals surface area contributed by atoms with E-state index in [1.165, 1.54) is 6.08 Å². The largest absolute Gasteiger partial charge is 0.373 e. The zero-order valence-corrected chi connectivity index (χ0v) is 10.3. The normalized spacial score (nSPS) is 14.3. The first-order valence-electron chi connectivity index (χ1n) is 4.89. The molecule has 5 heteroatoms. The van der Waals surface area contributed by atoms with E-state index < -0.39 is 5.60 Å². The highest BCUT2D eigenvalue weighted by Crippen LogP contribution is 2.34. The number of imidazole rings is 1. The number of nitrogens with zero attached hydrogens (tertiary/aromatic N) is 1. The highest BCUT2D eigenvalue weighted by molar-refractivity contribution is 6.35. The molecule has 0 aliphatic carbocycles. The molecule has 1 unspecified atom stereocenters. The molecular formula is C12H10Cl2N2O. The molecule has 1 aromatic heterocycles. The highest BCUT2D eigenvalue weighted by Gasteiger charge is 2.32. The Balaban J connectivity index is 2.59. The van der Waals surface area contributed by atoms with Crippen molar-refractivity contribution >= 4 is 23.2 Å². The van der Waals surface area contributed by atoms with Gasteiger partial charge >= 0.3 is 0 Å². The molecule has 17 heavy (non-hydrogen) atoms. The minimum Gasteiger partial charge on any atom is -0.373 e. The number of aromatic nitrogens is 2. The van der Waals surface area contributed by atoms with Crippen LogP contribution in [-0.2, 0) is 5.60 Å². The third kappa shape index (κ3) is 2.09. The maximum Gasteiger partial charge on any atom is 0.167 e. The molecule has 0 aliphatic rings. The quantitative estimate of drug-likeness (QED) is 0.841. The van der Waals surface area contributed by atoms with Crippen molar-refractivity contribution in [2.45, 2.75) is 5.60 Å². The molecule has 1 heterocycles. The van der Waals surface area contributed by atoms with Gasteiger partial charge in [-0.3, -0.25) is 0 Å². The lowest BCUT2D eigenvalue weighted by Gasteiger charge is -2.23. The van der Waals surface area contributed by atoms with E-state index in [1.807, 2.05) is 0 Å². The van der Waals surface area contributed by atoms with E-state index in [1.54, 1.807) is 30.6 Å². The van der Waals surface area contributed by atoms with Crippen LogP contribution in [0.2, 0.25) is 10.0 Å². The SMILES string of the molecule is C=CC(O)(c1ncc[nH]1)c1ccc(Cl)cc1Cl. The molecule has 0 fully saturated rings. The molecule has 88 valence electrons. The van der Waals surface area contributed by atoms with Gasteiger partial charge < -0.3 is 10.1 Å². The summed E-state index contributed by atoms with van der Waals surface area (Å²) < 4.78 is 0. The molecule has 0 amide bonds. The molecule has 0 radical (unpaired) electrons. The summed E-state index contributed by atoms with van der Waals surface area (Å²) in [5, 5.41) is 11.4. The number of aliphatic hydroxyl groups is 1. The molecule has 0 saturated carbocycles. The van der Waals surface area contributed by atoms with Gasteiger partial charge in [-0.05, 0) is 18.2 Å². The maximum atomic E-state index is 10.6. The van der Waals surface area contributed by atoms with E-state index in [-0.39, 0.29) is 0 Å². The second-order valence-corrected chi connectivity index (χ2v) is 4.38. The number of hydrogen-bond donors (Lipinski definition) is 2. The second-order valence-electron chi connectivity index (χ2n) is 3.53. The topological polar surface area (TPSA) is 48.9 Å². The lowest BCUT2D eigenvalue weighted by atomic mass is 9.93. The van der Waals surface area contributed by atoms with Gasteiger partial charge in [0.15, 0.2) is 5.60 Å². The van der Waals surface area contributed by atoms with Gasteiger partial charge in [-0.15, -0.1) is 0 Å². The van der Waals surface area contributed by atoms with Crippen molar-refractivity contribution in [3.8, 4) is 0 Å². The van der Waals surface area contributed by atoms with Crippen LogP contribution in [0, 0.1) is 0 Å². The molecule has 1 aromatic carbocycles. The molecule has 3 nitrogen and oxygen atoms in total. The summed E-state index contributed by atoms with van der Waals surface area (Å²) in [6.45, 7) is 3.63. The number of aromatic amines is 1. The van der Waals surface area contributed by atoms with E-state index >= 15 is 0 Å². The predicted octanol–water partition coefficient (Wildman–Crippen LogP) is 3.14. The fraction of sp³-hybridized carbons (Fsp3) is 0.0833. The average Bonchev–Trinajstić information content (AvgIpc) is 2.82. The summed E-state index contributed by atoms with van der Waals surface area (Å²) in [5.74, 6) is 0.358. The number of hydrogen-bond acceptors (Lipinski definition) is 2. The van der Waals surface area contributed by atoms with Crippen LogP contribution in [0.1, 0.15) is 11.4 Å². The van der Waals surface area contributed by atoms with Crippen molar-refractivity contribution in [3.63, 3.8) is 0 Å². The summed E-state index contributed by atoms with van der Waals surface area (Å²) in [6.07, 6.45) is 4.54. The van der Waals surface area contributed by atoms with Gasteiger partial charge in [-0.1, -0.05) is 35.8 Å². The molecule has 2 aromatic rings. The zero-order chi connectivity index (χ0) is 12.5. The Labute approximate surface area is 109 Å². The minimum absolute atomic E-state index is 0.358. The number of rotatable bonds is 3. The van der Waals surface area contributed by atoms with Crippen LogP contribution in [0.15, 0.2) is 43.2 Å². The molecule has 0 bridgehead atoms. The molecule has 0 spiro atoms. The van der Waals surface area contributed by atoms with E-state index in [2.05, 4.69) is 16.5 Å². The van der Waals surface area contributed by atoms with E-state index in [4.69, 9.17) is 23.2 Å². The van der Waals surface area contributed by atoms with Gasteiger partial charge in [-0.2, -0.15) is 0 Å². The molecule has 1 atom stereocenters. The van der Waals surface area contributed by atoms with Crippen LogP contribution in [0.25, 0.3) is 0 Å². The number of nitrogens with one attached hydrogen (secondary N) is 1. The first-order valence-corrected chi connectivity index (χ1v) is 5.65. The van der Waals surface area contributed by atoms with Crippen molar-refractivity contribution in [2.24, 2.45) is 0 Å². The number of halogens is 2. The van der Waals surface area contributed by atoms with Gasteiger partial charge in [0.25, 0.3) is 0 Å². The first kappa shape index (κ1) is 12.2. The predicted molar refractivity (Wildman–Crippen MR) is 68.2 cm³/mol. The molecule has 2 N–H and O–H groups in total. The van der Waals surface area contributed by atoms with E-state index in [0.717, 1.165) is 0 Å². The van der Waals surface area contributed by atoms with Gasteiger partial charge in [0.2, 0.25) is 0 Å². The third-order valence-corrected chi connectivity index (χ3v) is 3.04. The summed E-state index contributed by atoms with van der Waals surface area (Å²) in [7, 11) is 0. The fourth-order valence-electron chi connectivity index (χ4n) is 1.61. The van der Waals surface area contributed by atoms with Crippen molar-refractivity contribution in [2.75, 3.05) is 0 Å². The Hall–Kier alpha value is -1.29. The van der Waals surface area contributed by atoms with Gasteiger partial charge in [0, 0.05) is 28.0 Å². The Bertz CT molecular complexity index is 539. The van der Waals surface area contributed by atoms with Crippen molar-refractivity contribution in [1.82, 2.24) is 9.97 Å². The van der Waals surface area contributed by atoms with Crippen LogP contribution < -0.4 is 0 Å². The van der Waals surface area contributed by atoms with E-state index in [9.17, 15) is 5.11 Å². The van der Waals surface area contributed by atoms with Crippen molar-refractivity contribution in [1.29, 1.82) is 0 Å². The zero-order valence-electron chi connectivity index (χ0n) is 8.82. The maximum absolute atomic E-state index is 10.6. The first-order chi connectivity index (χ1) is 8.08. The third-order valence-electron chi connectivity index (χ3n) is 2.50. The van der Waals surface area contributed by atoms with Crippen LogP contribution in [0.5, 0.6) is 0 Å². The van der Waals surface area contributed by atoms with Gasteiger partial charge in [-0.25, -0.2) is 4.98 Å².